The van der Waals surface area contributed by atoms with Crippen molar-refractivity contribution < 1.29 is 14.3 Å². The van der Waals surface area contributed by atoms with Crippen LogP contribution in [0.3, 0.4) is 0 Å². The van der Waals surface area contributed by atoms with Crippen LogP contribution in [0.5, 0.6) is 11.5 Å². The van der Waals surface area contributed by atoms with E-state index < -0.39 is 0 Å². The van der Waals surface area contributed by atoms with E-state index in [2.05, 4.69) is 28.5 Å². The minimum absolute atomic E-state index is 0.235. The van der Waals surface area contributed by atoms with Crippen LogP contribution >= 0.6 is 11.3 Å². The molecule has 132 valence electrons. The van der Waals surface area contributed by atoms with Crippen molar-refractivity contribution in [1.82, 2.24) is 4.98 Å². The summed E-state index contributed by atoms with van der Waals surface area (Å²) in [5.74, 6) is 0.908. The summed E-state index contributed by atoms with van der Waals surface area (Å²) in [4.78, 5) is 18.5. The van der Waals surface area contributed by atoms with Crippen molar-refractivity contribution in [3.05, 3.63) is 58.5 Å². The summed E-state index contributed by atoms with van der Waals surface area (Å²) in [6, 6.07) is 13.4. The van der Waals surface area contributed by atoms with E-state index in [4.69, 9.17) is 9.47 Å². The van der Waals surface area contributed by atoms with Crippen LogP contribution < -0.4 is 14.8 Å². The molecular formula is C20H18N2O3S. The maximum atomic E-state index is 12.7. The van der Waals surface area contributed by atoms with Crippen LogP contribution in [0.15, 0.2) is 42.5 Å². The van der Waals surface area contributed by atoms with E-state index in [9.17, 15) is 4.79 Å². The fraction of sp³-hybridized carbons (Fsp3) is 0.200. The molecule has 5 nitrogen and oxygen atoms in total. The number of rotatable bonds is 4. The first-order valence-corrected chi connectivity index (χ1v) is 9.12. The van der Waals surface area contributed by atoms with Crippen molar-refractivity contribution in [2.45, 2.75) is 12.8 Å². The van der Waals surface area contributed by atoms with Gasteiger partial charge in [0, 0.05) is 22.1 Å². The normalized spacial score (nSPS) is 12.1. The Bertz CT molecular complexity index is 959. The van der Waals surface area contributed by atoms with Crippen LogP contribution in [-0.4, -0.2) is 25.1 Å². The number of amides is 1. The molecule has 4 rings (SSSR count). The predicted molar refractivity (Wildman–Crippen MR) is 102 cm³/mol. The topological polar surface area (TPSA) is 60.5 Å². The van der Waals surface area contributed by atoms with Crippen LogP contribution in [0, 0.1) is 0 Å². The number of ether oxygens (including phenoxy) is 2. The molecule has 1 aliphatic carbocycles. The number of carbonyl (C=O) groups excluding carboxylic acids is 1. The molecule has 0 unspecified atom stereocenters. The van der Waals surface area contributed by atoms with Gasteiger partial charge in [0.2, 0.25) is 0 Å². The van der Waals surface area contributed by atoms with Crippen molar-refractivity contribution in [2.24, 2.45) is 0 Å². The number of fused-ring (bicyclic) bond motifs is 3. The van der Waals surface area contributed by atoms with Gasteiger partial charge in [0.1, 0.15) is 11.5 Å². The summed E-state index contributed by atoms with van der Waals surface area (Å²) >= 11 is 1.54. The van der Waals surface area contributed by atoms with Crippen molar-refractivity contribution >= 4 is 22.4 Å². The average molecular weight is 366 g/mol. The Labute approximate surface area is 155 Å². The minimum Gasteiger partial charge on any atom is -0.497 e. The molecule has 6 heteroatoms. The van der Waals surface area contributed by atoms with Gasteiger partial charge in [-0.15, -0.1) is 11.3 Å². The van der Waals surface area contributed by atoms with Crippen molar-refractivity contribution in [2.75, 3.05) is 19.5 Å². The molecular weight excluding hydrogens is 348 g/mol. The predicted octanol–water partition coefficient (Wildman–Crippen LogP) is 4.18. The lowest BCUT2D eigenvalue weighted by molar-refractivity contribution is 0.102. The number of anilines is 1. The zero-order valence-electron chi connectivity index (χ0n) is 14.5. The molecule has 0 spiro atoms. The number of hydrogen-bond donors (Lipinski definition) is 1. The summed E-state index contributed by atoms with van der Waals surface area (Å²) < 4.78 is 10.5. The number of nitrogens with zero attached hydrogens (tertiary/aromatic N) is 1. The van der Waals surface area contributed by atoms with Gasteiger partial charge in [0.25, 0.3) is 5.91 Å². The third-order valence-electron chi connectivity index (χ3n) is 4.43. The van der Waals surface area contributed by atoms with Gasteiger partial charge in [-0.05, 0) is 30.5 Å². The maximum Gasteiger partial charge on any atom is 0.257 e. The molecule has 0 saturated carbocycles. The van der Waals surface area contributed by atoms with Crippen LogP contribution in [0.25, 0.3) is 11.3 Å². The lowest BCUT2D eigenvalue weighted by Crippen LogP contribution is -2.12. The van der Waals surface area contributed by atoms with E-state index in [0.717, 1.165) is 24.1 Å². The Kier molecular flexibility index (Phi) is 4.34. The molecule has 2 aromatic carbocycles. The fourth-order valence-electron chi connectivity index (χ4n) is 3.11. The SMILES string of the molecule is COc1cc(OC)cc(C(=O)Nc2nc3c(s2)CCc2ccccc2-3)c1. The largest absolute Gasteiger partial charge is 0.497 e. The van der Waals surface area contributed by atoms with Gasteiger partial charge >= 0.3 is 0 Å². The van der Waals surface area contributed by atoms with Crippen molar-refractivity contribution in [1.29, 1.82) is 0 Å². The molecule has 0 atom stereocenters. The molecule has 0 fully saturated rings. The highest BCUT2D eigenvalue weighted by molar-refractivity contribution is 7.16. The van der Waals surface area contributed by atoms with E-state index in [0.29, 0.717) is 22.2 Å². The van der Waals surface area contributed by atoms with Crippen LogP contribution in [0.1, 0.15) is 20.8 Å². The molecule has 1 heterocycles. The highest BCUT2D eigenvalue weighted by Gasteiger charge is 2.21. The highest BCUT2D eigenvalue weighted by Crippen LogP contribution is 2.38. The number of hydrogen-bond acceptors (Lipinski definition) is 5. The van der Waals surface area contributed by atoms with Crippen molar-refractivity contribution in [3.8, 4) is 22.8 Å². The maximum absolute atomic E-state index is 12.7. The van der Waals surface area contributed by atoms with E-state index in [1.807, 2.05) is 6.07 Å². The van der Waals surface area contributed by atoms with E-state index in [1.54, 1.807) is 32.4 Å². The molecule has 3 aromatic rings. The first-order chi connectivity index (χ1) is 12.7. The molecule has 0 bridgehead atoms. The van der Waals surface area contributed by atoms with E-state index in [-0.39, 0.29) is 5.91 Å². The van der Waals surface area contributed by atoms with Gasteiger partial charge < -0.3 is 9.47 Å². The van der Waals surface area contributed by atoms with Gasteiger partial charge in [-0.3, -0.25) is 10.1 Å². The molecule has 0 radical (unpaired) electrons. The molecule has 1 amide bonds. The summed E-state index contributed by atoms with van der Waals surface area (Å²) in [6.45, 7) is 0. The minimum atomic E-state index is -0.235. The number of aryl methyl sites for hydroxylation is 2. The van der Waals surface area contributed by atoms with Gasteiger partial charge in [0.15, 0.2) is 5.13 Å². The Morgan fingerprint density at radius 2 is 1.81 bits per heavy atom. The van der Waals surface area contributed by atoms with Crippen molar-refractivity contribution in [3.63, 3.8) is 0 Å². The second kappa shape index (κ2) is 6.80. The first kappa shape index (κ1) is 16.6. The summed E-state index contributed by atoms with van der Waals surface area (Å²) in [5.41, 5.74) is 3.92. The number of thiazole rings is 1. The zero-order chi connectivity index (χ0) is 18.1. The van der Waals surface area contributed by atoms with Crippen LogP contribution in [-0.2, 0) is 12.8 Å². The van der Waals surface area contributed by atoms with Gasteiger partial charge in [-0.25, -0.2) is 4.98 Å². The summed E-state index contributed by atoms with van der Waals surface area (Å²) in [6.07, 6.45) is 1.96. The quantitative estimate of drug-likeness (QED) is 0.752. The number of methoxy groups -OCH3 is 2. The molecule has 1 N–H and O–H groups in total. The average Bonchev–Trinajstić information content (AvgIpc) is 3.10. The molecule has 0 aliphatic heterocycles. The third kappa shape index (κ3) is 3.04. The Hall–Kier alpha value is -2.86. The Balaban J connectivity index is 1.61. The lowest BCUT2D eigenvalue weighted by atomic mass is 9.94. The molecule has 26 heavy (non-hydrogen) atoms. The zero-order valence-corrected chi connectivity index (χ0v) is 15.4. The molecule has 0 saturated heterocycles. The smallest absolute Gasteiger partial charge is 0.257 e. The van der Waals surface area contributed by atoms with Crippen LogP contribution in [0.2, 0.25) is 0 Å². The second-order valence-electron chi connectivity index (χ2n) is 6.00. The standard InChI is InChI=1S/C20H18N2O3S/c1-24-14-9-13(10-15(11-14)25-2)19(23)22-20-21-18-16-6-4-3-5-12(16)7-8-17(18)26-20/h3-6,9-11H,7-8H2,1-2H3,(H,21,22,23). The first-order valence-electron chi connectivity index (χ1n) is 8.30. The Morgan fingerprint density at radius 3 is 2.54 bits per heavy atom. The van der Waals surface area contributed by atoms with E-state index >= 15 is 0 Å². The van der Waals surface area contributed by atoms with E-state index in [1.165, 1.54) is 21.8 Å². The van der Waals surface area contributed by atoms with Gasteiger partial charge in [-0.2, -0.15) is 0 Å². The summed E-state index contributed by atoms with van der Waals surface area (Å²) in [7, 11) is 3.12. The molecule has 1 aromatic heterocycles. The third-order valence-corrected chi connectivity index (χ3v) is 5.46. The number of aromatic nitrogens is 1. The fourth-order valence-corrected chi connectivity index (χ4v) is 4.08. The number of benzene rings is 2. The number of carbonyl (C=O) groups is 1. The Morgan fingerprint density at radius 1 is 1.08 bits per heavy atom. The molecule has 1 aliphatic rings. The highest BCUT2D eigenvalue weighted by atomic mass is 32.1. The van der Waals surface area contributed by atoms with Crippen LogP contribution in [0.4, 0.5) is 5.13 Å². The summed E-state index contributed by atoms with van der Waals surface area (Å²) in [5, 5.41) is 3.52. The lowest BCUT2D eigenvalue weighted by Gasteiger charge is -2.13. The van der Waals surface area contributed by atoms with Gasteiger partial charge in [-0.1, -0.05) is 24.3 Å². The number of nitrogens with one attached hydrogen (secondary N) is 1. The second-order valence-corrected chi connectivity index (χ2v) is 7.09. The monoisotopic (exact) mass is 366 g/mol. The van der Waals surface area contributed by atoms with Gasteiger partial charge in [0.05, 0.1) is 19.9 Å².